The zero-order valence-electron chi connectivity index (χ0n) is 12.2. The molecule has 0 saturated carbocycles. The first-order valence-corrected chi connectivity index (χ1v) is 6.76. The van der Waals surface area contributed by atoms with E-state index in [-0.39, 0.29) is 11.3 Å². The van der Waals surface area contributed by atoms with Crippen LogP contribution in [0, 0.1) is 0 Å². The van der Waals surface area contributed by atoms with E-state index in [9.17, 15) is 4.79 Å². The van der Waals surface area contributed by atoms with E-state index in [0.717, 1.165) is 18.7 Å². The van der Waals surface area contributed by atoms with Gasteiger partial charge in [0.25, 0.3) is 5.91 Å². The molecule has 2 rings (SSSR count). The minimum Gasteiger partial charge on any atom is -0.351 e. The molecule has 0 aromatic carbocycles. The van der Waals surface area contributed by atoms with Crippen molar-refractivity contribution in [3.8, 4) is 0 Å². The van der Waals surface area contributed by atoms with Crippen molar-refractivity contribution in [1.82, 2.24) is 25.1 Å². The van der Waals surface area contributed by atoms with Crippen LogP contribution in [0.15, 0.2) is 24.8 Å². The lowest BCUT2D eigenvalue weighted by atomic mass is 9.92. The summed E-state index contributed by atoms with van der Waals surface area (Å²) in [5, 5.41) is 9.85. The highest BCUT2D eigenvalue weighted by atomic mass is 16.1. The smallest absolute Gasteiger partial charge is 0.271 e. The molecule has 0 aliphatic heterocycles. The Morgan fingerprint density at radius 2 is 2.25 bits per heavy atom. The fourth-order valence-corrected chi connectivity index (χ4v) is 1.80. The topological polar surface area (TPSA) is 75.6 Å². The van der Waals surface area contributed by atoms with Crippen molar-refractivity contribution in [2.24, 2.45) is 0 Å². The van der Waals surface area contributed by atoms with Gasteiger partial charge in [-0.25, -0.2) is 4.98 Å². The fraction of sp³-hybridized carbons (Fsp3) is 0.500. The molecule has 0 bridgehead atoms. The third-order valence-electron chi connectivity index (χ3n) is 3.06. The molecule has 0 aliphatic carbocycles. The standard InChI is InChI=1S/C14H21N5O/c1-14(2,3)12-9-11(17-18-12)13(20)16-5-4-7-19-8-6-15-10-19/h6,8-10H,4-5,7H2,1-3H3,(H,16,20)(H,17,18). The number of aryl methyl sites for hydroxylation is 1. The number of amides is 1. The van der Waals surface area contributed by atoms with E-state index in [4.69, 9.17) is 0 Å². The molecule has 0 spiro atoms. The van der Waals surface area contributed by atoms with Crippen molar-refractivity contribution in [1.29, 1.82) is 0 Å². The summed E-state index contributed by atoms with van der Waals surface area (Å²) in [6.45, 7) is 7.69. The Morgan fingerprint density at radius 1 is 1.45 bits per heavy atom. The number of imidazole rings is 1. The van der Waals surface area contributed by atoms with E-state index in [2.05, 4.69) is 41.3 Å². The lowest BCUT2D eigenvalue weighted by molar-refractivity contribution is 0.0947. The second-order valence-electron chi connectivity index (χ2n) is 5.83. The van der Waals surface area contributed by atoms with Crippen molar-refractivity contribution in [2.45, 2.75) is 39.2 Å². The Morgan fingerprint density at radius 3 is 2.85 bits per heavy atom. The lowest BCUT2D eigenvalue weighted by Crippen LogP contribution is -2.25. The van der Waals surface area contributed by atoms with Crippen molar-refractivity contribution in [3.63, 3.8) is 0 Å². The highest BCUT2D eigenvalue weighted by molar-refractivity contribution is 5.92. The number of aromatic nitrogens is 4. The number of aromatic amines is 1. The number of nitrogens with zero attached hydrogens (tertiary/aromatic N) is 3. The minimum atomic E-state index is -0.137. The molecule has 20 heavy (non-hydrogen) atoms. The number of carbonyl (C=O) groups excluding carboxylic acids is 1. The number of H-pyrrole nitrogens is 1. The van der Waals surface area contributed by atoms with Gasteiger partial charge in [-0.05, 0) is 12.5 Å². The van der Waals surface area contributed by atoms with Gasteiger partial charge in [0.2, 0.25) is 0 Å². The number of nitrogens with one attached hydrogen (secondary N) is 2. The van der Waals surface area contributed by atoms with Crippen LogP contribution < -0.4 is 5.32 Å². The highest BCUT2D eigenvalue weighted by Gasteiger charge is 2.18. The molecular weight excluding hydrogens is 254 g/mol. The Balaban J connectivity index is 1.78. The van der Waals surface area contributed by atoms with E-state index in [0.29, 0.717) is 12.2 Å². The maximum absolute atomic E-state index is 11.9. The molecule has 0 radical (unpaired) electrons. The lowest BCUT2D eigenvalue weighted by Gasteiger charge is -2.14. The van der Waals surface area contributed by atoms with Crippen molar-refractivity contribution >= 4 is 5.91 Å². The summed E-state index contributed by atoms with van der Waals surface area (Å²) in [6.07, 6.45) is 6.28. The quantitative estimate of drug-likeness (QED) is 0.816. The van der Waals surface area contributed by atoms with Gasteiger partial charge in [-0.3, -0.25) is 9.89 Å². The van der Waals surface area contributed by atoms with Gasteiger partial charge >= 0.3 is 0 Å². The summed E-state index contributed by atoms with van der Waals surface area (Å²) in [7, 11) is 0. The summed E-state index contributed by atoms with van der Waals surface area (Å²) < 4.78 is 1.98. The van der Waals surface area contributed by atoms with Gasteiger partial charge in [0, 0.05) is 36.6 Å². The van der Waals surface area contributed by atoms with E-state index in [1.54, 1.807) is 12.5 Å². The number of hydrogen-bond acceptors (Lipinski definition) is 3. The van der Waals surface area contributed by atoms with Crippen molar-refractivity contribution < 1.29 is 4.79 Å². The first kappa shape index (κ1) is 14.3. The SMILES string of the molecule is CC(C)(C)c1cc(C(=O)NCCCn2ccnc2)n[nH]1. The Labute approximate surface area is 118 Å². The van der Waals surface area contributed by atoms with Crippen LogP contribution in [0.4, 0.5) is 0 Å². The van der Waals surface area contributed by atoms with Crippen LogP contribution in [-0.2, 0) is 12.0 Å². The van der Waals surface area contributed by atoms with Gasteiger partial charge < -0.3 is 9.88 Å². The van der Waals surface area contributed by atoms with Crippen molar-refractivity contribution in [3.05, 3.63) is 36.2 Å². The van der Waals surface area contributed by atoms with Crippen LogP contribution in [0.2, 0.25) is 0 Å². The van der Waals surface area contributed by atoms with Gasteiger partial charge in [-0.2, -0.15) is 5.10 Å². The van der Waals surface area contributed by atoms with Crippen LogP contribution in [0.3, 0.4) is 0 Å². The molecule has 2 aromatic rings. The van der Waals surface area contributed by atoms with Gasteiger partial charge in [0.05, 0.1) is 6.33 Å². The average molecular weight is 275 g/mol. The molecule has 2 heterocycles. The molecule has 108 valence electrons. The van der Waals surface area contributed by atoms with E-state index in [1.807, 2.05) is 16.8 Å². The molecule has 0 atom stereocenters. The third kappa shape index (κ3) is 3.69. The predicted molar refractivity (Wildman–Crippen MR) is 76.5 cm³/mol. The van der Waals surface area contributed by atoms with Crippen molar-refractivity contribution in [2.75, 3.05) is 6.54 Å². The third-order valence-corrected chi connectivity index (χ3v) is 3.06. The number of hydrogen-bond donors (Lipinski definition) is 2. The Kier molecular flexibility index (Phi) is 4.22. The normalized spacial score (nSPS) is 11.6. The first-order chi connectivity index (χ1) is 9.47. The Bertz CT molecular complexity index is 550. The number of carbonyl (C=O) groups is 1. The molecule has 0 unspecified atom stereocenters. The molecule has 0 fully saturated rings. The maximum Gasteiger partial charge on any atom is 0.271 e. The monoisotopic (exact) mass is 275 g/mol. The Hall–Kier alpha value is -2.11. The second kappa shape index (κ2) is 5.90. The van der Waals surface area contributed by atoms with Crippen LogP contribution in [0.1, 0.15) is 43.4 Å². The van der Waals surface area contributed by atoms with Gasteiger partial charge in [0.15, 0.2) is 0 Å². The van der Waals surface area contributed by atoms with Crippen LogP contribution in [0.25, 0.3) is 0 Å². The molecule has 0 aliphatic rings. The summed E-state index contributed by atoms with van der Waals surface area (Å²) in [4.78, 5) is 15.9. The zero-order chi connectivity index (χ0) is 14.6. The molecule has 6 heteroatoms. The predicted octanol–water partition coefficient (Wildman–Crippen LogP) is 1.72. The molecule has 6 nitrogen and oxygen atoms in total. The zero-order valence-corrected chi connectivity index (χ0v) is 12.2. The molecule has 2 aromatic heterocycles. The average Bonchev–Trinajstić information content (AvgIpc) is 3.04. The van der Waals surface area contributed by atoms with Gasteiger partial charge in [-0.1, -0.05) is 20.8 Å². The summed E-state index contributed by atoms with van der Waals surface area (Å²) in [6, 6.07) is 1.81. The maximum atomic E-state index is 11.9. The highest BCUT2D eigenvalue weighted by Crippen LogP contribution is 2.20. The van der Waals surface area contributed by atoms with E-state index < -0.39 is 0 Å². The molecular formula is C14H21N5O. The second-order valence-corrected chi connectivity index (χ2v) is 5.83. The van der Waals surface area contributed by atoms with Crippen LogP contribution in [-0.4, -0.2) is 32.2 Å². The molecule has 1 amide bonds. The van der Waals surface area contributed by atoms with E-state index in [1.165, 1.54) is 0 Å². The largest absolute Gasteiger partial charge is 0.351 e. The minimum absolute atomic E-state index is 0.0348. The van der Waals surface area contributed by atoms with E-state index >= 15 is 0 Å². The first-order valence-electron chi connectivity index (χ1n) is 6.76. The summed E-state index contributed by atoms with van der Waals surface area (Å²) in [5.41, 5.74) is 1.37. The number of rotatable bonds is 5. The van der Waals surface area contributed by atoms with Gasteiger partial charge in [-0.15, -0.1) is 0 Å². The summed E-state index contributed by atoms with van der Waals surface area (Å²) in [5.74, 6) is -0.137. The van der Waals surface area contributed by atoms with Crippen LogP contribution in [0.5, 0.6) is 0 Å². The molecule has 0 saturated heterocycles. The van der Waals surface area contributed by atoms with Gasteiger partial charge in [0.1, 0.15) is 5.69 Å². The summed E-state index contributed by atoms with van der Waals surface area (Å²) >= 11 is 0. The molecule has 2 N–H and O–H groups in total. The fourth-order valence-electron chi connectivity index (χ4n) is 1.80. The van der Waals surface area contributed by atoms with Crippen LogP contribution >= 0.6 is 0 Å².